The molecule has 0 aromatic heterocycles. The number of nitrogens with zero attached hydrogens (tertiary/aromatic N) is 1. The Morgan fingerprint density at radius 2 is 1.15 bits per heavy atom. The number of urea groups is 1. The van der Waals surface area contributed by atoms with Crippen LogP contribution in [-0.4, -0.2) is 171 Å². The fourth-order valence-corrected chi connectivity index (χ4v) is 7.03. The highest BCUT2D eigenvalue weighted by molar-refractivity contribution is 6.03. The lowest BCUT2D eigenvalue weighted by atomic mass is 9.89. The van der Waals surface area contributed by atoms with Gasteiger partial charge in [-0.2, -0.15) is 0 Å². The van der Waals surface area contributed by atoms with Crippen LogP contribution in [0.25, 0.3) is 0 Å². The zero-order chi connectivity index (χ0) is 53.1. The largest absolute Gasteiger partial charge is 0.444 e. The summed E-state index contributed by atoms with van der Waals surface area (Å²) in [5.74, 6) is -2.66. The highest BCUT2D eigenvalue weighted by Gasteiger charge is 2.35. The zero-order valence-corrected chi connectivity index (χ0v) is 43.0. The molecule has 7 amide bonds. The molecule has 1 heterocycles. The Bertz CT molecular complexity index is 1940. The second-order valence-electron chi connectivity index (χ2n) is 17.5. The van der Waals surface area contributed by atoms with Gasteiger partial charge in [-0.15, -0.1) is 0 Å². The number of nitrogens with two attached hydrogens (primary N) is 1. The van der Waals surface area contributed by atoms with E-state index in [1.807, 2.05) is 32.9 Å². The molecule has 408 valence electrons. The molecule has 6 N–H and O–H groups in total. The maximum absolute atomic E-state index is 13.6. The van der Waals surface area contributed by atoms with Gasteiger partial charge < -0.3 is 64.3 Å². The number of carbonyl (C=O) groups excluding carboxylic acids is 7. The van der Waals surface area contributed by atoms with E-state index >= 15 is 0 Å². The van der Waals surface area contributed by atoms with Gasteiger partial charge in [-0.1, -0.05) is 50.6 Å². The fraction of sp³-hybridized carbons (Fsp3) is 0.627. The third-order valence-electron chi connectivity index (χ3n) is 11.1. The Labute approximate surface area is 428 Å². The van der Waals surface area contributed by atoms with E-state index in [4.69, 9.17) is 48.4 Å². The van der Waals surface area contributed by atoms with Gasteiger partial charge >= 0.3 is 12.1 Å². The molecule has 1 aliphatic heterocycles. The number of nitrogens with one attached hydrogen (secondary N) is 4. The number of aryl methyl sites for hydroxylation is 1. The second kappa shape index (κ2) is 37.2. The van der Waals surface area contributed by atoms with Crippen LogP contribution < -0.4 is 27.0 Å². The summed E-state index contributed by atoms with van der Waals surface area (Å²) in [5, 5.41) is 10.8. The smallest absolute Gasteiger partial charge is 0.411 e. The summed E-state index contributed by atoms with van der Waals surface area (Å²) < 4.78 is 49.3. The summed E-state index contributed by atoms with van der Waals surface area (Å²) in [6.07, 6.45) is 0.172. The van der Waals surface area contributed by atoms with Crippen LogP contribution in [0.3, 0.4) is 0 Å². The number of imide groups is 1. The lowest BCUT2D eigenvalue weighted by Crippen LogP contribution is -2.45. The van der Waals surface area contributed by atoms with Crippen molar-refractivity contribution in [3.8, 4) is 0 Å². The number of benzene rings is 2. The number of Topliss-reactive ketones (excluding diaryl/α,β-unsaturated/α-hetero) is 1. The van der Waals surface area contributed by atoms with Crippen molar-refractivity contribution in [1.82, 2.24) is 15.5 Å². The number of likely N-dealkylation sites (tertiary alicyclic amines) is 1. The van der Waals surface area contributed by atoms with Crippen LogP contribution in [0.1, 0.15) is 64.0 Å². The predicted molar refractivity (Wildman–Crippen MR) is 268 cm³/mol. The molecular weight excluding hydrogens is 953 g/mol. The quantitative estimate of drug-likeness (QED) is 0.0468. The van der Waals surface area contributed by atoms with E-state index in [2.05, 4.69) is 21.3 Å². The summed E-state index contributed by atoms with van der Waals surface area (Å²) in [6.45, 7) is 13.6. The third kappa shape index (κ3) is 27.9. The molecule has 1 aliphatic rings. The first-order valence-electron chi connectivity index (χ1n) is 24.9. The van der Waals surface area contributed by atoms with Gasteiger partial charge in [0.1, 0.15) is 6.61 Å². The number of carbonyl (C=O) groups is 7. The van der Waals surface area contributed by atoms with Crippen molar-refractivity contribution < 1.29 is 76.2 Å². The summed E-state index contributed by atoms with van der Waals surface area (Å²) in [7, 11) is 0. The predicted octanol–water partition coefficient (Wildman–Crippen LogP) is 3.76. The topological polar surface area (TPSA) is 280 Å². The third-order valence-corrected chi connectivity index (χ3v) is 11.1. The van der Waals surface area contributed by atoms with Crippen molar-refractivity contribution >= 4 is 52.9 Å². The minimum atomic E-state index is -0.842. The number of ether oxygens (including phenoxy) is 9. The first-order valence-corrected chi connectivity index (χ1v) is 24.9. The molecule has 0 spiro atoms. The molecule has 0 aliphatic carbocycles. The minimum absolute atomic E-state index is 0.00447. The molecule has 1 fully saturated rings. The second-order valence-corrected chi connectivity index (χ2v) is 17.5. The van der Waals surface area contributed by atoms with Crippen LogP contribution in [0.5, 0.6) is 0 Å². The van der Waals surface area contributed by atoms with Crippen molar-refractivity contribution in [3.05, 3.63) is 59.7 Å². The van der Waals surface area contributed by atoms with Crippen LogP contribution in [0.4, 0.5) is 21.0 Å². The molecule has 1 saturated heterocycles. The van der Waals surface area contributed by atoms with Crippen LogP contribution >= 0.6 is 0 Å². The number of anilines is 2. The standard InChI is InChI=1S/C51H78N6O16/c1-37(2)47(44(58)35-41(6-5-16-53-50(52)63)48(61)54-42-13-9-40(10-14-42)36-73-51(64)55-43-11-7-38(3)8-12-43)56-45(59)15-18-65-20-22-67-24-26-69-28-30-71-32-33-72-31-29-70-27-25-68-23-21-66-19-17-57-46(60)34-39(4)49(57)62/h7-14,37,39,41,47H,5-6,15-36H2,1-4H3,(H,54,61)(H,55,64)(H,56,59)(H3,52,53,63)/t39?,41-,47+/m1/s1. The normalized spacial score (nSPS) is 14.3. The van der Waals surface area contributed by atoms with Crippen LogP contribution in [0.15, 0.2) is 48.5 Å². The molecule has 1 unspecified atom stereocenters. The van der Waals surface area contributed by atoms with Gasteiger partial charge in [-0.3, -0.25) is 34.2 Å². The van der Waals surface area contributed by atoms with Gasteiger partial charge in [0.2, 0.25) is 23.6 Å². The molecule has 0 bridgehead atoms. The molecule has 3 atom stereocenters. The fourth-order valence-electron chi connectivity index (χ4n) is 7.03. The molecular formula is C51H78N6O16. The molecule has 22 nitrogen and oxygen atoms in total. The number of primary amides is 1. The van der Waals surface area contributed by atoms with E-state index in [0.717, 1.165) is 5.56 Å². The van der Waals surface area contributed by atoms with E-state index in [1.54, 1.807) is 43.3 Å². The molecule has 2 aromatic carbocycles. The van der Waals surface area contributed by atoms with E-state index < -0.39 is 30.0 Å². The van der Waals surface area contributed by atoms with E-state index in [9.17, 15) is 33.6 Å². The molecule has 0 radical (unpaired) electrons. The van der Waals surface area contributed by atoms with Gasteiger partial charge in [0.15, 0.2) is 5.78 Å². The molecule has 22 heteroatoms. The minimum Gasteiger partial charge on any atom is -0.444 e. The Hall–Kier alpha value is -5.59. The molecule has 3 rings (SSSR count). The summed E-state index contributed by atoms with van der Waals surface area (Å²) in [5.41, 5.74) is 8.04. The molecule has 0 saturated carbocycles. The van der Waals surface area contributed by atoms with Crippen molar-refractivity contribution in [3.63, 3.8) is 0 Å². The van der Waals surface area contributed by atoms with Gasteiger partial charge in [-0.25, -0.2) is 9.59 Å². The summed E-state index contributed by atoms with van der Waals surface area (Å²) in [6, 6.07) is 12.5. The Balaban J connectivity index is 1.18. The Kier molecular flexibility index (Phi) is 31.4. The lowest BCUT2D eigenvalue weighted by Gasteiger charge is -2.24. The molecule has 2 aromatic rings. The number of hydrogen-bond acceptors (Lipinski definition) is 16. The van der Waals surface area contributed by atoms with Crippen molar-refractivity contribution in [1.29, 1.82) is 0 Å². The summed E-state index contributed by atoms with van der Waals surface area (Å²) in [4.78, 5) is 88.4. The van der Waals surface area contributed by atoms with Crippen LogP contribution in [0.2, 0.25) is 0 Å². The lowest BCUT2D eigenvalue weighted by molar-refractivity contribution is -0.140. The van der Waals surface area contributed by atoms with Gasteiger partial charge in [0.05, 0.1) is 118 Å². The first-order chi connectivity index (χ1) is 35.2. The monoisotopic (exact) mass is 1030 g/mol. The number of ketones is 1. The SMILES string of the molecule is Cc1ccc(NC(=O)OCc2ccc(NC(=O)[C@H](CCCNC(N)=O)CC(=O)[C@@H](NC(=O)CCOCCOCCOCCOCCOCCOCCOCCOCCN3C(=O)CC(C)C3=O)C(C)C)cc2)cc1. The van der Waals surface area contributed by atoms with Crippen molar-refractivity contribution in [2.75, 3.05) is 129 Å². The van der Waals surface area contributed by atoms with E-state index in [1.165, 1.54) is 4.90 Å². The summed E-state index contributed by atoms with van der Waals surface area (Å²) >= 11 is 0. The number of hydrogen-bond donors (Lipinski definition) is 5. The zero-order valence-electron chi connectivity index (χ0n) is 43.0. The average molecular weight is 1030 g/mol. The van der Waals surface area contributed by atoms with Crippen molar-refractivity contribution in [2.24, 2.45) is 23.5 Å². The Morgan fingerprint density at radius 3 is 1.63 bits per heavy atom. The maximum Gasteiger partial charge on any atom is 0.411 e. The molecule has 73 heavy (non-hydrogen) atoms. The average Bonchev–Trinajstić information content (AvgIpc) is 3.60. The van der Waals surface area contributed by atoms with Crippen molar-refractivity contribution in [2.45, 2.75) is 72.4 Å². The van der Waals surface area contributed by atoms with Gasteiger partial charge in [0, 0.05) is 49.0 Å². The van der Waals surface area contributed by atoms with Crippen LogP contribution in [0, 0.1) is 24.7 Å². The van der Waals surface area contributed by atoms with Gasteiger partial charge in [-0.05, 0) is 55.5 Å². The first kappa shape index (κ1) is 61.7. The van der Waals surface area contributed by atoms with E-state index in [-0.39, 0.29) is 101 Å². The highest BCUT2D eigenvalue weighted by atomic mass is 16.6. The van der Waals surface area contributed by atoms with Crippen LogP contribution in [-0.2, 0) is 73.2 Å². The number of amides is 7. The Morgan fingerprint density at radius 1 is 0.671 bits per heavy atom. The van der Waals surface area contributed by atoms with Gasteiger partial charge in [0.25, 0.3) is 0 Å². The number of rotatable bonds is 41. The highest BCUT2D eigenvalue weighted by Crippen LogP contribution is 2.21. The maximum atomic E-state index is 13.6. The van der Waals surface area contributed by atoms with E-state index in [0.29, 0.717) is 109 Å².